The van der Waals surface area contributed by atoms with E-state index < -0.39 is 0 Å². The van der Waals surface area contributed by atoms with Gasteiger partial charge in [0.15, 0.2) is 0 Å². The predicted molar refractivity (Wildman–Crippen MR) is 77.4 cm³/mol. The number of imidazole rings is 1. The fraction of sp³-hybridized carbons (Fsp3) is 0.500. The summed E-state index contributed by atoms with van der Waals surface area (Å²) in [6.45, 7) is 3.44. The summed E-state index contributed by atoms with van der Waals surface area (Å²) in [6, 6.07) is -0.291. The number of hydrogen-bond acceptors (Lipinski definition) is 4. The van der Waals surface area contributed by atoms with Crippen molar-refractivity contribution in [3.63, 3.8) is 0 Å². The van der Waals surface area contributed by atoms with Crippen LogP contribution in [0.5, 0.6) is 0 Å². The number of amides is 1. The van der Waals surface area contributed by atoms with Crippen LogP contribution >= 0.6 is 0 Å². The van der Waals surface area contributed by atoms with Gasteiger partial charge in [0, 0.05) is 51.4 Å². The van der Waals surface area contributed by atoms with Gasteiger partial charge in [-0.25, -0.2) is 4.98 Å². The van der Waals surface area contributed by atoms with Crippen LogP contribution in [0.4, 0.5) is 0 Å². The number of rotatable bonds is 7. The minimum absolute atomic E-state index is 0.0360. The highest BCUT2D eigenvalue weighted by Crippen LogP contribution is 2.12. The number of aromatic nitrogens is 4. The lowest BCUT2D eigenvalue weighted by atomic mass is 10.2. The van der Waals surface area contributed by atoms with E-state index in [1.54, 1.807) is 46.2 Å². The van der Waals surface area contributed by atoms with Crippen LogP contribution < -0.4 is 0 Å². The van der Waals surface area contributed by atoms with E-state index in [2.05, 4.69) is 10.1 Å². The van der Waals surface area contributed by atoms with Gasteiger partial charge in [0.2, 0.25) is 5.91 Å². The third kappa shape index (κ3) is 3.91. The lowest BCUT2D eigenvalue weighted by molar-refractivity contribution is -0.135. The van der Waals surface area contributed by atoms with Crippen LogP contribution in [0.15, 0.2) is 31.1 Å². The first-order valence-corrected chi connectivity index (χ1v) is 6.84. The van der Waals surface area contributed by atoms with E-state index in [-0.39, 0.29) is 11.9 Å². The molecule has 0 radical (unpaired) electrons. The first-order chi connectivity index (χ1) is 10.1. The van der Waals surface area contributed by atoms with Crippen molar-refractivity contribution in [3.8, 4) is 0 Å². The van der Waals surface area contributed by atoms with Crippen molar-refractivity contribution in [2.45, 2.75) is 19.5 Å². The molecule has 7 nitrogen and oxygen atoms in total. The summed E-state index contributed by atoms with van der Waals surface area (Å²) in [4.78, 5) is 18.4. The zero-order valence-corrected chi connectivity index (χ0v) is 12.6. The first-order valence-electron chi connectivity index (χ1n) is 6.84. The SMILES string of the molecule is COCCN(Cc1cnn(C)c1)C(=O)C(C)n1ccnc1. The quantitative estimate of drug-likeness (QED) is 0.758. The van der Waals surface area contributed by atoms with Gasteiger partial charge < -0.3 is 14.2 Å². The Morgan fingerprint density at radius 1 is 1.52 bits per heavy atom. The van der Waals surface area contributed by atoms with Gasteiger partial charge in [-0.15, -0.1) is 0 Å². The molecule has 2 rings (SSSR count). The average molecular weight is 291 g/mol. The van der Waals surface area contributed by atoms with E-state index in [9.17, 15) is 4.79 Å². The molecule has 0 aliphatic rings. The second-order valence-corrected chi connectivity index (χ2v) is 4.96. The third-order valence-electron chi connectivity index (χ3n) is 3.34. The van der Waals surface area contributed by atoms with E-state index in [0.29, 0.717) is 19.7 Å². The standard InChI is InChI=1S/C14H21N5O2/c1-12(19-5-4-15-11-19)14(20)18(6-7-21-3)10-13-8-16-17(2)9-13/h4-5,8-9,11-12H,6-7,10H2,1-3H3. The maximum Gasteiger partial charge on any atom is 0.245 e. The van der Waals surface area contributed by atoms with Gasteiger partial charge in [-0.05, 0) is 6.92 Å². The zero-order valence-electron chi connectivity index (χ0n) is 12.6. The van der Waals surface area contributed by atoms with Crippen molar-refractivity contribution >= 4 is 5.91 Å². The third-order valence-corrected chi connectivity index (χ3v) is 3.34. The number of carbonyl (C=O) groups is 1. The predicted octanol–water partition coefficient (Wildman–Crippen LogP) is 0.853. The second kappa shape index (κ2) is 7.03. The molecular formula is C14H21N5O2. The molecule has 0 aromatic carbocycles. The largest absolute Gasteiger partial charge is 0.383 e. The Kier molecular flexibility index (Phi) is 5.10. The first kappa shape index (κ1) is 15.2. The van der Waals surface area contributed by atoms with Gasteiger partial charge >= 0.3 is 0 Å². The van der Waals surface area contributed by atoms with Crippen molar-refractivity contribution in [1.82, 2.24) is 24.2 Å². The Balaban J connectivity index is 2.09. The summed E-state index contributed by atoms with van der Waals surface area (Å²) >= 11 is 0. The highest BCUT2D eigenvalue weighted by molar-refractivity contribution is 5.80. The van der Waals surface area contributed by atoms with Crippen LogP contribution in [0.25, 0.3) is 0 Å². The van der Waals surface area contributed by atoms with Crippen LogP contribution in [0.3, 0.4) is 0 Å². The molecule has 2 aromatic rings. The number of carbonyl (C=O) groups excluding carboxylic acids is 1. The van der Waals surface area contributed by atoms with Crippen molar-refractivity contribution in [1.29, 1.82) is 0 Å². The highest BCUT2D eigenvalue weighted by atomic mass is 16.5. The summed E-state index contributed by atoms with van der Waals surface area (Å²) in [7, 11) is 3.49. The van der Waals surface area contributed by atoms with Gasteiger partial charge in [-0.2, -0.15) is 5.10 Å². The number of hydrogen-bond donors (Lipinski definition) is 0. The van der Waals surface area contributed by atoms with E-state index in [1.807, 2.05) is 20.2 Å². The molecule has 2 aromatic heterocycles. The van der Waals surface area contributed by atoms with Crippen LogP contribution in [-0.2, 0) is 23.1 Å². The van der Waals surface area contributed by atoms with Crippen LogP contribution in [-0.4, -0.2) is 50.4 Å². The van der Waals surface area contributed by atoms with Gasteiger partial charge in [0.05, 0.1) is 19.1 Å². The van der Waals surface area contributed by atoms with E-state index in [4.69, 9.17) is 4.74 Å². The lowest BCUT2D eigenvalue weighted by Crippen LogP contribution is -2.37. The average Bonchev–Trinajstić information content (AvgIpc) is 3.13. The van der Waals surface area contributed by atoms with Crippen LogP contribution in [0.2, 0.25) is 0 Å². The number of aryl methyl sites for hydroxylation is 1. The Hall–Kier alpha value is -2.15. The molecule has 0 saturated carbocycles. The molecule has 0 bridgehead atoms. The lowest BCUT2D eigenvalue weighted by Gasteiger charge is -2.25. The molecule has 0 spiro atoms. The Labute approximate surface area is 124 Å². The van der Waals surface area contributed by atoms with Gasteiger partial charge in [0.25, 0.3) is 0 Å². The Bertz CT molecular complexity index is 564. The molecule has 1 unspecified atom stereocenters. The highest BCUT2D eigenvalue weighted by Gasteiger charge is 2.22. The summed E-state index contributed by atoms with van der Waals surface area (Å²) in [5.74, 6) is 0.0360. The topological polar surface area (TPSA) is 65.2 Å². The minimum atomic E-state index is -0.291. The van der Waals surface area contributed by atoms with Crippen molar-refractivity contribution < 1.29 is 9.53 Å². The molecule has 2 heterocycles. The summed E-state index contributed by atoms with van der Waals surface area (Å²) in [5, 5.41) is 4.14. The fourth-order valence-electron chi connectivity index (χ4n) is 2.13. The van der Waals surface area contributed by atoms with E-state index in [1.165, 1.54) is 0 Å². The molecule has 21 heavy (non-hydrogen) atoms. The maximum atomic E-state index is 12.7. The monoisotopic (exact) mass is 291 g/mol. The second-order valence-electron chi connectivity index (χ2n) is 4.96. The summed E-state index contributed by atoms with van der Waals surface area (Å²) < 4.78 is 8.63. The maximum absolute atomic E-state index is 12.7. The zero-order chi connectivity index (χ0) is 15.2. The molecule has 0 aliphatic heterocycles. The van der Waals surface area contributed by atoms with Gasteiger partial charge in [-0.3, -0.25) is 9.48 Å². The Morgan fingerprint density at radius 3 is 2.90 bits per heavy atom. The molecule has 0 saturated heterocycles. The van der Waals surface area contributed by atoms with E-state index >= 15 is 0 Å². The van der Waals surface area contributed by atoms with E-state index in [0.717, 1.165) is 5.56 Å². The molecule has 0 fully saturated rings. The minimum Gasteiger partial charge on any atom is -0.383 e. The summed E-state index contributed by atoms with van der Waals surface area (Å²) in [5.41, 5.74) is 1.000. The number of methoxy groups -OCH3 is 1. The molecule has 1 amide bonds. The number of ether oxygens (including phenoxy) is 1. The van der Waals surface area contributed by atoms with Crippen molar-refractivity contribution in [2.24, 2.45) is 7.05 Å². The van der Waals surface area contributed by atoms with Crippen LogP contribution in [0, 0.1) is 0 Å². The molecule has 0 aliphatic carbocycles. The van der Waals surface area contributed by atoms with Gasteiger partial charge in [0.1, 0.15) is 6.04 Å². The molecule has 7 heteroatoms. The molecule has 0 N–H and O–H groups in total. The summed E-state index contributed by atoms with van der Waals surface area (Å²) in [6.07, 6.45) is 8.80. The van der Waals surface area contributed by atoms with Crippen molar-refractivity contribution in [3.05, 3.63) is 36.7 Å². The normalized spacial score (nSPS) is 12.3. The molecule has 1 atom stereocenters. The molecular weight excluding hydrogens is 270 g/mol. The number of nitrogens with zero attached hydrogens (tertiary/aromatic N) is 5. The molecule has 114 valence electrons. The van der Waals surface area contributed by atoms with Crippen molar-refractivity contribution in [2.75, 3.05) is 20.3 Å². The van der Waals surface area contributed by atoms with Gasteiger partial charge in [-0.1, -0.05) is 0 Å². The fourth-order valence-corrected chi connectivity index (χ4v) is 2.13. The van der Waals surface area contributed by atoms with Crippen LogP contribution in [0.1, 0.15) is 18.5 Å². The Morgan fingerprint density at radius 2 is 2.33 bits per heavy atom. The smallest absolute Gasteiger partial charge is 0.245 e.